The Labute approximate surface area is 107 Å². The second-order valence-electron chi connectivity index (χ2n) is 4.28. The Morgan fingerprint density at radius 2 is 2.28 bits per heavy atom. The van der Waals surface area contributed by atoms with E-state index in [4.69, 9.17) is 10.5 Å². The third kappa shape index (κ3) is 2.63. The molecule has 0 spiro atoms. The minimum Gasteiger partial charge on any atom is -0.384 e. The van der Waals surface area contributed by atoms with Gasteiger partial charge < -0.3 is 10.5 Å². The molecule has 6 nitrogen and oxygen atoms in total. The third-order valence-corrected chi connectivity index (χ3v) is 4.92. The van der Waals surface area contributed by atoms with Crippen LogP contribution in [0.4, 0.5) is 5.82 Å². The van der Waals surface area contributed by atoms with Crippen LogP contribution < -0.4 is 5.73 Å². The first-order valence-corrected chi connectivity index (χ1v) is 7.22. The van der Waals surface area contributed by atoms with Crippen molar-refractivity contribution in [2.24, 2.45) is 0 Å². The van der Waals surface area contributed by atoms with Gasteiger partial charge in [0, 0.05) is 26.4 Å². The zero-order valence-electron chi connectivity index (χ0n) is 10.2. The van der Waals surface area contributed by atoms with Crippen molar-refractivity contribution < 1.29 is 13.2 Å². The molecule has 18 heavy (non-hydrogen) atoms. The number of aromatic nitrogens is 1. The highest BCUT2D eigenvalue weighted by atomic mass is 32.2. The van der Waals surface area contributed by atoms with Gasteiger partial charge >= 0.3 is 0 Å². The van der Waals surface area contributed by atoms with Gasteiger partial charge in [-0.15, -0.1) is 0 Å². The van der Waals surface area contributed by atoms with Crippen molar-refractivity contribution >= 4 is 15.8 Å². The molecule has 7 heteroatoms. The van der Waals surface area contributed by atoms with Gasteiger partial charge in [0.1, 0.15) is 10.7 Å². The highest BCUT2D eigenvalue weighted by Crippen LogP contribution is 2.21. The lowest BCUT2D eigenvalue weighted by Gasteiger charge is -2.30. The molecule has 0 bridgehead atoms. The van der Waals surface area contributed by atoms with Crippen LogP contribution in [0.15, 0.2) is 23.2 Å². The Bertz CT molecular complexity index is 501. The van der Waals surface area contributed by atoms with Crippen LogP contribution >= 0.6 is 0 Å². The van der Waals surface area contributed by atoms with Crippen molar-refractivity contribution in [3.05, 3.63) is 18.3 Å². The van der Waals surface area contributed by atoms with Crippen molar-refractivity contribution in [3.8, 4) is 0 Å². The van der Waals surface area contributed by atoms with Crippen molar-refractivity contribution in [1.82, 2.24) is 9.29 Å². The van der Waals surface area contributed by atoms with E-state index in [0.29, 0.717) is 18.9 Å². The standard InChI is InChI=1S/C11H17N3O3S/c1-17-9-3-2-6-14(8-9)18(15,16)10-4-5-11(12)13-7-10/h4-5,7,9H,2-3,6,8H2,1H3,(H2,12,13). The van der Waals surface area contributed by atoms with Gasteiger partial charge in [-0.25, -0.2) is 13.4 Å². The Kier molecular flexibility index (Phi) is 3.84. The summed E-state index contributed by atoms with van der Waals surface area (Å²) in [4.78, 5) is 3.99. The summed E-state index contributed by atoms with van der Waals surface area (Å²) >= 11 is 0. The molecule has 0 aromatic carbocycles. The normalized spacial score (nSPS) is 21.9. The van der Waals surface area contributed by atoms with Crippen molar-refractivity contribution in [3.63, 3.8) is 0 Å². The van der Waals surface area contributed by atoms with E-state index in [9.17, 15) is 8.42 Å². The Hall–Kier alpha value is -1.18. The fourth-order valence-electron chi connectivity index (χ4n) is 2.01. The van der Waals surface area contributed by atoms with E-state index >= 15 is 0 Å². The Morgan fingerprint density at radius 1 is 1.50 bits per heavy atom. The van der Waals surface area contributed by atoms with Crippen LogP contribution in [0.2, 0.25) is 0 Å². The Balaban J connectivity index is 2.22. The summed E-state index contributed by atoms with van der Waals surface area (Å²) in [5, 5.41) is 0. The monoisotopic (exact) mass is 271 g/mol. The zero-order valence-corrected chi connectivity index (χ0v) is 11.1. The quantitative estimate of drug-likeness (QED) is 0.863. The SMILES string of the molecule is COC1CCCN(S(=O)(=O)c2ccc(N)nc2)C1. The van der Waals surface area contributed by atoms with Gasteiger partial charge in [-0.2, -0.15) is 4.31 Å². The summed E-state index contributed by atoms with van der Waals surface area (Å²) in [6, 6.07) is 2.97. The zero-order chi connectivity index (χ0) is 13.2. The summed E-state index contributed by atoms with van der Waals surface area (Å²) < 4.78 is 31.4. The average Bonchev–Trinajstić information content (AvgIpc) is 2.39. The van der Waals surface area contributed by atoms with Crippen LogP contribution in [0, 0.1) is 0 Å². The molecule has 1 aromatic heterocycles. The van der Waals surface area contributed by atoms with Gasteiger partial charge in [0.05, 0.1) is 6.10 Å². The highest BCUT2D eigenvalue weighted by Gasteiger charge is 2.30. The second-order valence-corrected chi connectivity index (χ2v) is 6.22. The van der Waals surface area contributed by atoms with Crippen molar-refractivity contribution in [2.75, 3.05) is 25.9 Å². The number of anilines is 1. The number of piperidine rings is 1. The van der Waals surface area contributed by atoms with Crippen LogP contribution in [0.25, 0.3) is 0 Å². The number of nitrogens with zero attached hydrogens (tertiary/aromatic N) is 2. The predicted molar refractivity (Wildman–Crippen MR) is 67.4 cm³/mol. The summed E-state index contributed by atoms with van der Waals surface area (Å²) in [7, 11) is -1.88. The van der Waals surface area contributed by atoms with E-state index in [2.05, 4.69) is 4.98 Å². The molecule has 1 unspecified atom stereocenters. The lowest BCUT2D eigenvalue weighted by molar-refractivity contribution is 0.0572. The molecule has 1 atom stereocenters. The van der Waals surface area contributed by atoms with Crippen LogP contribution in [0.1, 0.15) is 12.8 Å². The minimum atomic E-state index is -3.49. The van der Waals surface area contributed by atoms with Crippen LogP contribution in [-0.4, -0.2) is 44.0 Å². The first-order valence-electron chi connectivity index (χ1n) is 5.78. The summed E-state index contributed by atoms with van der Waals surface area (Å²) in [5.74, 6) is 0.308. The van der Waals surface area contributed by atoms with E-state index in [1.54, 1.807) is 7.11 Å². The molecule has 1 fully saturated rings. The number of methoxy groups -OCH3 is 1. The fourth-order valence-corrected chi connectivity index (χ4v) is 3.47. The lowest BCUT2D eigenvalue weighted by Crippen LogP contribution is -2.42. The van der Waals surface area contributed by atoms with Gasteiger partial charge in [-0.1, -0.05) is 0 Å². The number of nitrogens with two attached hydrogens (primary N) is 1. The van der Waals surface area contributed by atoms with Gasteiger partial charge in [-0.05, 0) is 25.0 Å². The number of pyridine rings is 1. The van der Waals surface area contributed by atoms with Crippen LogP contribution in [0.3, 0.4) is 0 Å². The number of hydrogen-bond donors (Lipinski definition) is 1. The number of rotatable bonds is 3. The Morgan fingerprint density at radius 3 is 2.89 bits per heavy atom. The van der Waals surface area contributed by atoms with Crippen LogP contribution in [-0.2, 0) is 14.8 Å². The number of nitrogen functional groups attached to an aromatic ring is 1. The van der Waals surface area contributed by atoms with Gasteiger partial charge in [0.15, 0.2) is 0 Å². The highest BCUT2D eigenvalue weighted by molar-refractivity contribution is 7.89. The van der Waals surface area contributed by atoms with E-state index in [0.717, 1.165) is 12.8 Å². The van der Waals surface area contributed by atoms with Crippen molar-refractivity contribution in [2.45, 2.75) is 23.8 Å². The first kappa shape index (κ1) is 13.3. The molecular formula is C11H17N3O3S. The van der Waals surface area contributed by atoms with E-state index in [1.807, 2.05) is 0 Å². The maximum Gasteiger partial charge on any atom is 0.244 e. The fraction of sp³-hybridized carbons (Fsp3) is 0.545. The molecule has 1 aromatic rings. The summed E-state index contributed by atoms with van der Waals surface area (Å²) in [6.45, 7) is 0.912. The molecule has 1 saturated heterocycles. The van der Waals surface area contributed by atoms with Gasteiger partial charge in [-0.3, -0.25) is 0 Å². The number of ether oxygens (including phenoxy) is 1. The molecule has 0 radical (unpaired) electrons. The topological polar surface area (TPSA) is 85.5 Å². The van der Waals surface area contributed by atoms with E-state index in [-0.39, 0.29) is 11.0 Å². The molecular weight excluding hydrogens is 254 g/mol. The smallest absolute Gasteiger partial charge is 0.244 e. The average molecular weight is 271 g/mol. The summed E-state index contributed by atoms with van der Waals surface area (Å²) in [6.07, 6.45) is 2.96. The molecule has 2 N–H and O–H groups in total. The van der Waals surface area contributed by atoms with Crippen LogP contribution in [0.5, 0.6) is 0 Å². The summed E-state index contributed by atoms with van der Waals surface area (Å²) in [5.41, 5.74) is 5.45. The first-order chi connectivity index (χ1) is 8.54. The molecule has 0 amide bonds. The molecule has 2 heterocycles. The van der Waals surface area contributed by atoms with E-state index in [1.165, 1.54) is 22.6 Å². The predicted octanol–water partition coefficient (Wildman–Crippen LogP) is 0.463. The molecule has 2 rings (SSSR count). The van der Waals surface area contributed by atoms with Crippen molar-refractivity contribution in [1.29, 1.82) is 0 Å². The molecule has 0 saturated carbocycles. The molecule has 1 aliphatic rings. The minimum absolute atomic E-state index is 0.0322. The maximum absolute atomic E-state index is 12.3. The second kappa shape index (κ2) is 5.21. The molecule has 0 aliphatic carbocycles. The number of hydrogen-bond acceptors (Lipinski definition) is 5. The van der Waals surface area contributed by atoms with E-state index < -0.39 is 10.0 Å². The molecule has 100 valence electrons. The van der Waals surface area contributed by atoms with Gasteiger partial charge in [0.25, 0.3) is 0 Å². The third-order valence-electron chi connectivity index (χ3n) is 3.07. The largest absolute Gasteiger partial charge is 0.384 e. The maximum atomic E-state index is 12.3. The lowest BCUT2D eigenvalue weighted by atomic mass is 10.1. The number of sulfonamides is 1. The van der Waals surface area contributed by atoms with Gasteiger partial charge in [0.2, 0.25) is 10.0 Å². The molecule has 1 aliphatic heterocycles.